The number of rotatable bonds is 2. The number of amides is 3. The summed E-state index contributed by atoms with van der Waals surface area (Å²) in [6.07, 6.45) is 0.570. The van der Waals surface area contributed by atoms with E-state index in [4.69, 9.17) is 0 Å². The minimum Gasteiger partial charge on any atom is -0.339 e. The molecule has 1 N–H and O–H groups in total. The Balaban J connectivity index is 2.07. The molecule has 1 atom stereocenters. The molecule has 100 valence electrons. The Morgan fingerprint density at radius 1 is 1.47 bits per heavy atom. The number of hydrogen-bond acceptors (Lipinski definition) is 4. The molecule has 0 aliphatic carbocycles. The van der Waals surface area contributed by atoms with Crippen molar-refractivity contribution in [2.75, 3.05) is 7.05 Å². The molecule has 1 saturated heterocycles. The Morgan fingerprint density at radius 3 is 2.89 bits per heavy atom. The molecule has 1 aliphatic rings. The van der Waals surface area contributed by atoms with Crippen LogP contribution in [0.25, 0.3) is 0 Å². The number of nitrogens with zero attached hydrogens (tertiary/aromatic N) is 2. The number of likely N-dealkylation sites (tertiary alicyclic amines) is 1. The van der Waals surface area contributed by atoms with Gasteiger partial charge in [0, 0.05) is 13.5 Å². The number of imide groups is 1. The monoisotopic (exact) mass is 325 g/mol. The molecule has 1 aromatic heterocycles. The lowest BCUT2D eigenvalue weighted by Gasteiger charge is -2.28. The number of halogens is 1. The van der Waals surface area contributed by atoms with Gasteiger partial charge in [-0.2, -0.15) is 0 Å². The second kappa shape index (κ2) is 5.48. The number of pyridine rings is 1. The van der Waals surface area contributed by atoms with Gasteiger partial charge in [-0.3, -0.25) is 19.3 Å². The third-order valence-electron chi connectivity index (χ3n) is 2.90. The molecule has 1 fully saturated rings. The van der Waals surface area contributed by atoms with E-state index in [9.17, 15) is 14.4 Å². The van der Waals surface area contributed by atoms with Gasteiger partial charge in [-0.15, -0.1) is 0 Å². The standard InChI is InChI=1S/C12H12BrN3O3/c1-16-10(17)6-5-8(12(16)19)15-11(18)7-3-2-4-9(13)14-7/h2-4,8H,5-6H2,1H3,(H,15,18). The van der Waals surface area contributed by atoms with E-state index in [-0.39, 0.29) is 23.9 Å². The maximum absolute atomic E-state index is 11.9. The fraction of sp³-hybridized carbons (Fsp3) is 0.333. The molecule has 0 bridgehead atoms. The van der Waals surface area contributed by atoms with Crippen LogP contribution in [0, 0.1) is 0 Å². The molecule has 19 heavy (non-hydrogen) atoms. The summed E-state index contributed by atoms with van der Waals surface area (Å²) in [5, 5.41) is 2.60. The normalized spacial score (nSPS) is 19.5. The lowest BCUT2D eigenvalue weighted by atomic mass is 10.0. The van der Waals surface area contributed by atoms with E-state index in [1.54, 1.807) is 18.2 Å². The highest BCUT2D eigenvalue weighted by atomic mass is 79.9. The Bertz CT molecular complexity index is 547. The second-order valence-electron chi connectivity index (χ2n) is 4.20. The van der Waals surface area contributed by atoms with Gasteiger partial charge in [0.2, 0.25) is 5.91 Å². The molecular formula is C12H12BrN3O3. The molecule has 0 aromatic carbocycles. The van der Waals surface area contributed by atoms with Crippen molar-refractivity contribution in [1.29, 1.82) is 0 Å². The topological polar surface area (TPSA) is 79.4 Å². The van der Waals surface area contributed by atoms with Gasteiger partial charge in [-0.1, -0.05) is 6.07 Å². The zero-order valence-electron chi connectivity index (χ0n) is 10.2. The fourth-order valence-electron chi connectivity index (χ4n) is 1.82. The first-order valence-electron chi connectivity index (χ1n) is 5.73. The van der Waals surface area contributed by atoms with Crippen LogP contribution in [0.15, 0.2) is 22.8 Å². The number of likely N-dealkylation sites (N-methyl/N-ethyl adjacent to an activating group) is 1. The molecule has 1 aliphatic heterocycles. The minimum absolute atomic E-state index is 0.224. The average Bonchev–Trinajstić information content (AvgIpc) is 2.39. The summed E-state index contributed by atoms with van der Waals surface area (Å²) >= 11 is 3.17. The van der Waals surface area contributed by atoms with E-state index < -0.39 is 11.9 Å². The van der Waals surface area contributed by atoms with E-state index in [1.807, 2.05) is 0 Å². The summed E-state index contributed by atoms with van der Waals surface area (Å²) in [5.74, 6) is -1.04. The lowest BCUT2D eigenvalue weighted by Crippen LogP contribution is -2.53. The molecule has 2 rings (SSSR count). The molecule has 3 amide bonds. The summed E-state index contributed by atoms with van der Waals surface area (Å²) in [5.41, 5.74) is 0.224. The highest BCUT2D eigenvalue weighted by Crippen LogP contribution is 2.12. The van der Waals surface area contributed by atoms with Crippen LogP contribution in [0.2, 0.25) is 0 Å². The molecule has 7 heteroatoms. The van der Waals surface area contributed by atoms with Crippen molar-refractivity contribution in [2.45, 2.75) is 18.9 Å². The summed E-state index contributed by atoms with van der Waals surface area (Å²) in [6.45, 7) is 0. The van der Waals surface area contributed by atoms with Gasteiger partial charge >= 0.3 is 0 Å². The lowest BCUT2D eigenvalue weighted by molar-refractivity contribution is -0.147. The zero-order chi connectivity index (χ0) is 14.0. The van der Waals surface area contributed by atoms with Gasteiger partial charge in [0.1, 0.15) is 16.3 Å². The van der Waals surface area contributed by atoms with Crippen molar-refractivity contribution in [3.8, 4) is 0 Å². The van der Waals surface area contributed by atoms with Crippen LogP contribution in [-0.2, 0) is 9.59 Å². The van der Waals surface area contributed by atoms with E-state index in [2.05, 4.69) is 26.2 Å². The van der Waals surface area contributed by atoms with Crippen molar-refractivity contribution in [2.24, 2.45) is 0 Å². The van der Waals surface area contributed by atoms with Crippen LogP contribution in [0.4, 0.5) is 0 Å². The quantitative estimate of drug-likeness (QED) is 0.642. The molecular weight excluding hydrogens is 314 g/mol. The number of aromatic nitrogens is 1. The molecule has 1 aromatic rings. The average molecular weight is 326 g/mol. The maximum Gasteiger partial charge on any atom is 0.270 e. The van der Waals surface area contributed by atoms with Gasteiger partial charge in [-0.25, -0.2) is 4.98 Å². The van der Waals surface area contributed by atoms with Crippen LogP contribution in [-0.4, -0.2) is 40.7 Å². The number of hydrogen-bond donors (Lipinski definition) is 1. The highest BCUT2D eigenvalue weighted by Gasteiger charge is 2.32. The molecule has 2 heterocycles. The van der Waals surface area contributed by atoms with Crippen LogP contribution in [0.1, 0.15) is 23.3 Å². The van der Waals surface area contributed by atoms with Crippen molar-refractivity contribution in [3.63, 3.8) is 0 Å². The molecule has 6 nitrogen and oxygen atoms in total. The number of carbonyl (C=O) groups excluding carboxylic acids is 3. The van der Waals surface area contributed by atoms with E-state index in [0.29, 0.717) is 11.0 Å². The summed E-state index contributed by atoms with van der Waals surface area (Å²) in [7, 11) is 1.42. The predicted octanol–water partition coefficient (Wildman–Crippen LogP) is 0.721. The number of carbonyl (C=O) groups is 3. The first kappa shape index (κ1) is 13.7. The smallest absolute Gasteiger partial charge is 0.270 e. The Hall–Kier alpha value is -1.76. The van der Waals surface area contributed by atoms with E-state index in [1.165, 1.54) is 7.05 Å². The van der Waals surface area contributed by atoms with Crippen LogP contribution < -0.4 is 5.32 Å². The molecule has 1 unspecified atom stereocenters. The van der Waals surface area contributed by atoms with Gasteiger partial charge in [0.15, 0.2) is 0 Å². The molecule has 0 saturated carbocycles. The van der Waals surface area contributed by atoms with Crippen molar-refractivity contribution >= 4 is 33.7 Å². The van der Waals surface area contributed by atoms with Crippen molar-refractivity contribution in [3.05, 3.63) is 28.5 Å². The van der Waals surface area contributed by atoms with Crippen molar-refractivity contribution in [1.82, 2.24) is 15.2 Å². The van der Waals surface area contributed by atoms with Gasteiger partial charge in [0.05, 0.1) is 0 Å². The SMILES string of the molecule is CN1C(=O)CCC(NC(=O)c2cccc(Br)n2)C1=O. The summed E-state index contributed by atoms with van der Waals surface area (Å²) in [6, 6.07) is 4.28. The Labute approximate surface area is 118 Å². The third kappa shape index (κ3) is 2.98. The highest BCUT2D eigenvalue weighted by molar-refractivity contribution is 9.10. The first-order chi connectivity index (χ1) is 8.99. The predicted molar refractivity (Wildman–Crippen MR) is 70.2 cm³/mol. The summed E-state index contributed by atoms with van der Waals surface area (Å²) in [4.78, 5) is 40.2. The molecule has 0 radical (unpaired) electrons. The van der Waals surface area contributed by atoms with Crippen molar-refractivity contribution < 1.29 is 14.4 Å². The number of piperidine rings is 1. The zero-order valence-corrected chi connectivity index (χ0v) is 11.8. The van der Waals surface area contributed by atoms with E-state index in [0.717, 1.165) is 4.90 Å². The number of nitrogens with one attached hydrogen (secondary N) is 1. The van der Waals surface area contributed by atoms with Gasteiger partial charge in [-0.05, 0) is 34.5 Å². The minimum atomic E-state index is -0.670. The van der Waals surface area contributed by atoms with Crippen LogP contribution in [0.3, 0.4) is 0 Å². The Kier molecular flexibility index (Phi) is 3.94. The third-order valence-corrected chi connectivity index (χ3v) is 3.34. The second-order valence-corrected chi connectivity index (χ2v) is 5.01. The first-order valence-corrected chi connectivity index (χ1v) is 6.52. The van der Waals surface area contributed by atoms with Gasteiger partial charge in [0.25, 0.3) is 11.8 Å². The fourth-order valence-corrected chi connectivity index (χ4v) is 2.16. The summed E-state index contributed by atoms with van der Waals surface area (Å²) < 4.78 is 0.544. The van der Waals surface area contributed by atoms with E-state index >= 15 is 0 Å². The van der Waals surface area contributed by atoms with Gasteiger partial charge < -0.3 is 5.32 Å². The molecule has 0 spiro atoms. The van der Waals surface area contributed by atoms with Crippen LogP contribution >= 0.6 is 15.9 Å². The largest absolute Gasteiger partial charge is 0.339 e. The maximum atomic E-state index is 11.9. The Morgan fingerprint density at radius 2 is 2.21 bits per heavy atom. The van der Waals surface area contributed by atoms with Crippen LogP contribution in [0.5, 0.6) is 0 Å².